The van der Waals surface area contributed by atoms with Crippen LogP contribution in [0, 0.1) is 6.92 Å². The molecule has 0 radical (unpaired) electrons. The third-order valence-electron chi connectivity index (χ3n) is 4.75. The van der Waals surface area contributed by atoms with Crippen LogP contribution in [-0.4, -0.2) is 32.6 Å². The van der Waals surface area contributed by atoms with Crippen molar-refractivity contribution in [3.05, 3.63) is 53.6 Å². The van der Waals surface area contributed by atoms with Gasteiger partial charge in [0.15, 0.2) is 0 Å². The zero-order valence-electron chi connectivity index (χ0n) is 17.6. The molecule has 0 atom stereocenters. The minimum Gasteiger partial charge on any atom is -0.325 e. The van der Waals surface area contributed by atoms with Gasteiger partial charge in [-0.2, -0.15) is 0 Å². The quantitative estimate of drug-likeness (QED) is 0.544. The van der Waals surface area contributed by atoms with E-state index in [9.17, 15) is 18.0 Å². The molecule has 8 nitrogen and oxygen atoms in total. The van der Waals surface area contributed by atoms with Gasteiger partial charge in [0.2, 0.25) is 11.8 Å². The summed E-state index contributed by atoms with van der Waals surface area (Å²) in [5.74, 6) is 0.0486. The molecule has 2 aromatic carbocycles. The van der Waals surface area contributed by atoms with Crippen LogP contribution in [0.3, 0.4) is 0 Å². The number of carbonyl (C=O) groups excluding carboxylic acids is 2. The molecule has 31 heavy (non-hydrogen) atoms. The number of aliphatic imine (C=N–C) groups is 1. The lowest BCUT2D eigenvalue weighted by atomic mass is 10.1. The molecule has 164 valence electrons. The van der Waals surface area contributed by atoms with Gasteiger partial charge >= 0.3 is 0 Å². The fourth-order valence-electron chi connectivity index (χ4n) is 3.29. The summed E-state index contributed by atoms with van der Waals surface area (Å²) in [6.45, 7) is 3.81. The minimum absolute atomic E-state index is 0.124. The Balaban J connectivity index is 1.45. The Labute approximate surface area is 182 Å². The first-order valence-electron chi connectivity index (χ1n) is 10.1. The fraction of sp³-hybridized carbons (Fsp3) is 0.318. The number of nitrogens with zero attached hydrogens (tertiary/aromatic N) is 1. The predicted molar refractivity (Wildman–Crippen MR) is 121 cm³/mol. The molecule has 2 amide bonds. The highest BCUT2D eigenvalue weighted by Crippen LogP contribution is 2.24. The number of sulfonamides is 1. The zero-order chi connectivity index (χ0) is 22.4. The number of hydrogen-bond donors (Lipinski definition) is 3. The maximum Gasteiger partial charge on any atom is 0.263 e. The van der Waals surface area contributed by atoms with Crippen LogP contribution in [0.4, 0.5) is 11.4 Å². The van der Waals surface area contributed by atoms with E-state index in [4.69, 9.17) is 0 Å². The molecule has 2 aromatic rings. The lowest BCUT2D eigenvalue weighted by Crippen LogP contribution is -2.22. The van der Waals surface area contributed by atoms with Crippen molar-refractivity contribution in [2.45, 2.75) is 44.4 Å². The van der Waals surface area contributed by atoms with Crippen molar-refractivity contribution in [3.8, 4) is 0 Å². The van der Waals surface area contributed by atoms with Crippen LogP contribution in [0.25, 0.3) is 0 Å². The maximum absolute atomic E-state index is 12.3. The van der Waals surface area contributed by atoms with Gasteiger partial charge < -0.3 is 10.6 Å². The van der Waals surface area contributed by atoms with Gasteiger partial charge in [0.1, 0.15) is 5.84 Å². The molecular weight excluding hydrogens is 416 g/mol. The maximum atomic E-state index is 12.3. The molecule has 0 spiro atoms. The summed E-state index contributed by atoms with van der Waals surface area (Å²) in [5.41, 5.74) is 2.72. The third kappa shape index (κ3) is 5.91. The average Bonchev–Trinajstić information content (AvgIpc) is 2.97. The summed E-state index contributed by atoms with van der Waals surface area (Å²) in [7, 11) is -3.52. The minimum atomic E-state index is -3.52. The zero-order valence-corrected chi connectivity index (χ0v) is 18.4. The number of hydrogen-bond acceptors (Lipinski definition) is 5. The van der Waals surface area contributed by atoms with E-state index in [0.717, 1.165) is 18.4 Å². The lowest BCUT2D eigenvalue weighted by Gasteiger charge is -2.12. The Bertz CT molecular complexity index is 1130. The Morgan fingerprint density at radius 3 is 2.55 bits per heavy atom. The third-order valence-corrected chi connectivity index (χ3v) is 6.15. The van der Waals surface area contributed by atoms with Crippen LogP contribution in [0.5, 0.6) is 0 Å². The first kappa shape index (κ1) is 22.5. The molecular formula is C22H26N4O4S. The normalized spacial score (nSPS) is 15.2. The van der Waals surface area contributed by atoms with Crippen molar-refractivity contribution in [1.29, 1.82) is 0 Å². The van der Waals surface area contributed by atoms with E-state index in [1.54, 1.807) is 30.3 Å². The Morgan fingerprint density at radius 1 is 1.00 bits per heavy atom. The van der Waals surface area contributed by atoms with E-state index < -0.39 is 10.0 Å². The van der Waals surface area contributed by atoms with Gasteiger partial charge in [0.25, 0.3) is 10.0 Å². The van der Waals surface area contributed by atoms with Crippen molar-refractivity contribution >= 4 is 39.0 Å². The molecule has 9 heteroatoms. The van der Waals surface area contributed by atoms with Crippen LogP contribution < -0.4 is 15.4 Å². The van der Waals surface area contributed by atoms with E-state index >= 15 is 0 Å². The van der Waals surface area contributed by atoms with E-state index in [1.807, 2.05) is 19.1 Å². The standard InChI is InChI=1S/C22H26N4O4S/c1-15-11-12-18(24-16(2)27)19(14-15)25-21(28)10-4-3-7-13-23-22-17-8-5-6-9-20(17)31(29,30)26-22/h5-6,8-9,11-12,14H,3-4,7,10,13H2,1-2H3,(H,23,26)(H,24,27)(H,25,28). The van der Waals surface area contributed by atoms with E-state index in [2.05, 4.69) is 20.3 Å². The fourth-order valence-corrected chi connectivity index (χ4v) is 4.54. The lowest BCUT2D eigenvalue weighted by molar-refractivity contribution is -0.116. The number of fused-ring (bicyclic) bond motifs is 1. The number of anilines is 2. The number of aryl methyl sites for hydroxylation is 1. The van der Waals surface area contributed by atoms with Crippen molar-refractivity contribution < 1.29 is 18.0 Å². The smallest absolute Gasteiger partial charge is 0.263 e. The van der Waals surface area contributed by atoms with Crippen molar-refractivity contribution in [2.75, 3.05) is 17.2 Å². The SMILES string of the molecule is CC(=O)Nc1ccc(C)cc1NC(=O)CCCCCN=C1NS(=O)(=O)c2ccccc21. The van der Waals surface area contributed by atoms with E-state index in [1.165, 1.54) is 6.92 Å². The topological polar surface area (TPSA) is 117 Å². The molecule has 0 unspecified atom stereocenters. The molecule has 0 aliphatic carbocycles. The van der Waals surface area contributed by atoms with Crippen LogP contribution in [0.2, 0.25) is 0 Å². The monoisotopic (exact) mass is 442 g/mol. The molecule has 1 heterocycles. The molecule has 3 N–H and O–H groups in total. The Hall–Kier alpha value is -3.20. The van der Waals surface area contributed by atoms with Gasteiger partial charge in [-0.05, 0) is 49.6 Å². The van der Waals surface area contributed by atoms with E-state index in [0.29, 0.717) is 42.2 Å². The summed E-state index contributed by atoms with van der Waals surface area (Å²) >= 11 is 0. The molecule has 1 aliphatic rings. The molecule has 1 aliphatic heterocycles. The predicted octanol–water partition coefficient (Wildman–Crippen LogP) is 3.19. The number of rotatable bonds is 8. The molecule has 3 rings (SSSR count). The van der Waals surface area contributed by atoms with Gasteiger partial charge in [0, 0.05) is 25.5 Å². The second-order valence-electron chi connectivity index (χ2n) is 7.42. The molecule has 0 saturated heterocycles. The second-order valence-corrected chi connectivity index (χ2v) is 9.07. The highest BCUT2D eigenvalue weighted by atomic mass is 32.2. The summed E-state index contributed by atoms with van der Waals surface area (Å²) in [5, 5.41) is 5.57. The van der Waals surface area contributed by atoms with Crippen molar-refractivity contribution in [2.24, 2.45) is 4.99 Å². The van der Waals surface area contributed by atoms with Gasteiger partial charge in [-0.15, -0.1) is 0 Å². The number of carbonyl (C=O) groups is 2. The highest BCUT2D eigenvalue weighted by molar-refractivity contribution is 7.90. The van der Waals surface area contributed by atoms with E-state index in [-0.39, 0.29) is 16.7 Å². The first-order chi connectivity index (χ1) is 14.8. The number of amidine groups is 1. The Morgan fingerprint density at radius 2 is 1.77 bits per heavy atom. The molecule has 0 aromatic heterocycles. The van der Waals surface area contributed by atoms with Crippen LogP contribution in [0.1, 0.15) is 43.7 Å². The number of amides is 2. The largest absolute Gasteiger partial charge is 0.325 e. The van der Waals surface area contributed by atoms with Crippen LogP contribution in [-0.2, 0) is 19.6 Å². The molecule has 0 saturated carbocycles. The molecule has 0 bridgehead atoms. The summed E-state index contributed by atoms with van der Waals surface area (Å²) in [4.78, 5) is 28.2. The number of unbranched alkanes of at least 4 members (excludes halogenated alkanes) is 2. The Kier molecular flexibility index (Phi) is 7.06. The summed E-state index contributed by atoms with van der Waals surface area (Å²) < 4.78 is 26.6. The second kappa shape index (κ2) is 9.74. The molecule has 0 fully saturated rings. The van der Waals surface area contributed by atoms with Gasteiger partial charge in [-0.1, -0.05) is 24.6 Å². The number of benzene rings is 2. The highest BCUT2D eigenvalue weighted by Gasteiger charge is 2.29. The van der Waals surface area contributed by atoms with Gasteiger partial charge in [-0.25, -0.2) is 8.42 Å². The van der Waals surface area contributed by atoms with Gasteiger partial charge in [0.05, 0.1) is 16.3 Å². The van der Waals surface area contributed by atoms with Gasteiger partial charge in [-0.3, -0.25) is 19.3 Å². The first-order valence-corrected chi connectivity index (χ1v) is 11.6. The summed E-state index contributed by atoms with van der Waals surface area (Å²) in [6.07, 6.45) is 2.55. The summed E-state index contributed by atoms with van der Waals surface area (Å²) in [6, 6.07) is 12.2. The van der Waals surface area contributed by atoms with Crippen molar-refractivity contribution in [1.82, 2.24) is 4.72 Å². The van der Waals surface area contributed by atoms with Crippen LogP contribution >= 0.6 is 0 Å². The average molecular weight is 443 g/mol. The number of nitrogens with one attached hydrogen (secondary N) is 3. The van der Waals surface area contributed by atoms with Crippen LogP contribution in [0.15, 0.2) is 52.4 Å². The van der Waals surface area contributed by atoms with Crippen molar-refractivity contribution in [3.63, 3.8) is 0 Å².